The number of ether oxygens (including phenoxy) is 2. The Morgan fingerprint density at radius 1 is 1.27 bits per heavy atom. The second-order valence-corrected chi connectivity index (χ2v) is 5.85. The molecule has 2 N–H and O–H groups in total. The van der Waals surface area contributed by atoms with Crippen LogP contribution in [0, 0.1) is 0 Å². The fourth-order valence-electron chi connectivity index (χ4n) is 2.77. The monoisotopic (exact) mass is 365 g/mol. The van der Waals surface area contributed by atoms with E-state index in [1.807, 2.05) is 0 Å². The molecule has 1 atom stereocenters. The molecule has 0 radical (unpaired) electrons. The summed E-state index contributed by atoms with van der Waals surface area (Å²) >= 11 is 0. The average Bonchev–Trinajstić information content (AvgIpc) is 3.01. The highest BCUT2D eigenvalue weighted by Crippen LogP contribution is 2.31. The van der Waals surface area contributed by atoms with Gasteiger partial charge in [0.2, 0.25) is 5.91 Å². The third-order valence-electron chi connectivity index (χ3n) is 4.23. The van der Waals surface area contributed by atoms with Crippen molar-refractivity contribution in [2.75, 3.05) is 39.3 Å². The fraction of sp³-hybridized carbons (Fsp3) is 0.471. The molecule has 0 bridgehead atoms. The summed E-state index contributed by atoms with van der Waals surface area (Å²) in [6.07, 6.45) is 0.301. The number of anilines is 1. The van der Waals surface area contributed by atoms with E-state index in [4.69, 9.17) is 14.6 Å². The largest absolute Gasteiger partial charge is 0.497 e. The van der Waals surface area contributed by atoms with Crippen LogP contribution in [0.25, 0.3) is 0 Å². The molecular formula is C17H23N3O6. The predicted octanol–water partition coefficient (Wildman–Crippen LogP) is 0.925. The Morgan fingerprint density at radius 2 is 1.88 bits per heavy atom. The summed E-state index contributed by atoms with van der Waals surface area (Å²) in [6, 6.07) is 4.08. The summed E-state index contributed by atoms with van der Waals surface area (Å²) in [5.41, 5.74) is 0.633. The first-order valence-corrected chi connectivity index (χ1v) is 8.14. The van der Waals surface area contributed by atoms with Gasteiger partial charge in [-0.15, -0.1) is 0 Å². The molecule has 0 aromatic heterocycles. The molecule has 26 heavy (non-hydrogen) atoms. The fourth-order valence-corrected chi connectivity index (χ4v) is 2.77. The number of carbonyl (C=O) groups is 3. The Morgan fingerprint density at radius 3 is 2.42 bits per heavy atom. The number of benzene rings is 1. The summed E-state index contributed by atoms with van der Waals surface area (Å²) in [5.74, 6) is -0.0787. The maximum Gasteiger partial charge on any atom is 0.317 e. The topological polar surface area (TPSA) is 108 Å². The number of hydrogen-bond donors (Lipinski definition) is 2. The molecule has 3 amide bonds. The molecule has 2 rings (SSSR count). The minimum absolute atomic E-state index is 0.0101. The molecule has 9 heteroatoms. The number of amides is 3. The average molecular weight is 365 g/mol. The van der Waals surface area contributed by atoms with Crippen LogP contribution < -0.4 is 19.7 Å². The number of urea groups is 1. The Kier molecular flexibility index (Phi) is 6.26. The first-order chi connectivity index (χ1) is 12.4. The lowest BCUT2D eigenvalue weighted by Crippen LogP contribution is -2.47. The lowest BCUT2D eigenvalue weighted by molar-refractivity contribution is -0.136. The number of nitrogens with one attached hydrogen (secondary N) is 1. The molecule has 1 aliphatic rings. The second kappa shape index (κ2) is 8.41. The Labute approximate surface area is 151 Å². The molecule has 1 heterocycles. The van der Waals surface area contributed by atoms with E-state index in [0.29, 0.717) is 30.2 Å². The smallest absolute Gasteiger partial charge is 0.317 e. The molecule has 0 aliphatic carbocycles. The number of nitrogens with zero attached hydrogens (tertiary/aromatic N) is 2. The van der Waals surface area contributed by atoms with Gasteiger partial charge in [-0.05, 0) is 6.42 Å². The van der Waals surface area contributed by atoms with Crippen molar-refractivity contribution >= 4 is 23.6 Å². The third-order valence-corrected chi connectivity index (χ3v) is 4.23. The minimum Gasteiger partial charge on any atom is -0.497 e. The van der Waals surface area contributed by atoms with Gasteiger partial charge < -0.3 is 29.7 Å². The minimum atomic E-state index is -0.997. The number of likely N-dealkylation sites (N-methyl/N-ethyl adjacent to an activating group) is 1. The van der Waals surface area contributed by atoms with Gasteiger partial charge in [0, 0.05) is 38.3 Å². The quantitative estimate of drug-likeness (QED) is 0.744. The summed E-state index contributed by atoms with van der Waals surface area (Å²) in [7, 11) is 4.58. The molecule has 0 saturated carbocycles. The highest BCUT2D eigenvalue weighted by Gasteiger charge is 2.37. The number of rotatable bonds is 7. The van der Waals surface area contributed by atoms with E-state index in [1.54, 1.807) is 23.1 Å². The van der Waals surface area contributed by atoms with E-state index < -0.39 is 18.0 Å². The van der Waals surface area contributed by atoms with Crippen molar-refractivity contribution in [1.82, 2.24) is 10.2 Å². The van der Waals surface area contributed by atoms with E-state index in [9.17, 15) is 14.4 Å². The van der Waals surface area contributed by atoms with Gasteiger partial charge in [0.15, 0.2) is 0 Å². The summed E-state index contributed by atoms with van der Waals surface area (Å²) in [4.78, 5) is 38.3. The van der Waals surface area contributed by atoms with Gasteiger partial charge >= 0.3 is 12.0 Å². The molecule has 1 saturated heterocycles. The normalized spacial score (nSPS) is 16.3. The van der Waals surface area contributed by atoms with Gasteiger partial charge in [-0.25, -0.2) is 4.79 Å². The summed E-state index contributed by atoms with van der Waals surface area (Å²) in [5, 5.41) is 11.1. The number of hydrogen-bond acceptors (Lipinski definition) is 5. The molecule has 1 aromatic carbocycles. The Hall–Kier alpha value is -2.97. The second-order valence-electron chi connectivity index (χ2n) is 5.85. The van der Waals surface area contributed by atoms with Crippen LogP contribution >= 0.6 is 0 Å². The van der Waals surface area contributed by atoms with E-state index in [2.05, 4.69) is 5.32 Å². The number of carboxylic acids is 1. The highest BCUT2D eigenvalue weighted by molar-refractivity contribution is 6.01. The summed E-state index contributed by atoms with van der Waals surface area (Å²) in [6.45, 7) is 0.461. The number of methoxy groups -OCH3 is 2. The van der Waals surface area contributed by atoms with Crippen LogP contribution in [-0.4, -0.2) is 68.3 Å². The molecule has 1 fully saturated rings. The SMILES string of the molecule is COc1cc(OC)cc(N2CCC(N(C)C(=O)NCCC(=O)O)C2=O)c1. The molecule has 142 valence electrons. The third kappa shape index (κ3) is 4.35. The molecule has 9 nitrogen and oxygen atoms in total. The first kappa shape index (κ1) is 19.4. The van der Waals surface area contributed by atoms with Gasteiger partial charge in [-0.2, -0.15) is 0 Å². The zero-order valence-electron chi connectivity index (χ0n) is 15.0. The standard InChI is InChI=1S/C17H23N3O6/c1-19(17(24)18-6-4-15(21)22)14-5-7-20(16(14)23)11-8-12(25-2)10-13(9-11)26-3/h8-10,14H,4-7H2,1-3H3,(H,18,24)(H,21,22). The van der Waals surface area contributed by atoms with Crippen molar-refractivity contribution < 1.29 is 29.0 Å². The van der Waals surface area contributed by atoms with Crippen LogP contribution in [-0.2, 0) is 9.59 Å². The lowest BCUT2D eigenvalue weighted by Gasteiger charge is -2.24. The van der Waals surface area contributed by atoms with Crippen LogP contribution in [0.3, 0.4) is 0 Å². The van der Waals surface area contributed by atoms with Gasteiger partial charge in [0.1, 0.15) is 17.5 Å². The zero-order chi connectivity index (χ0) is 19.3. The van der Waals surface area contributed by atoms with Gasteiger partial charge in [0.05, 0.1) is 26.3 Å². The van der Waals surface area contributed by atoms with Crippen molar-refractivity contribution in [3.8, 4) is 11.5 Å². The van der Waals surface area contributed by atoms with Crippen LogP contribution in [0.2, 0.25) is 0 Å². The number of carboxylic acid groups (broad SMARTS) is 1. The van der Waals surface area contributed by atoms with Crippen LogP contribution in [0.15, 0.2) is 18.2 Å². The van der Waals surface area contributed by atoms with Gasteiger partial charge in [-0.1, -0.05) is 0 Å². The van der Waals surface area contributed by atoms with Crippen LogP contribution in [0.5, 0.6) is 11.5 Å². The Bertz CT molecular complexity index is 671. The first-order valence-electron chi connectivity index (χ1n) is 8.14. The zero-order valence-corrected chi connectivity index (χ0v) is 15.0. The predicted molar refractivity (Wildman–Crippen MR) is 93.7 cm³/mol. The maximum absolute atomic E-state index is 12.8. The molecule has 1 aliphatic heterocycles. The van der Waals surface area contributed by atoms with Gasteiger partial charge in [0.25, 0.3) is 0 Å². The maximum atomic E-state index is 12.8. The van der Waals surface area contributed by atoms with Crippen molar-refractivity contribution in [1.29, 1.82) is 0 Å². The summed E-state index contributed by atoms with van der Waals surface area (Å²) < 4.78 is 10.5. The number of aliphatic carboxylic acids is 1. The molecule has 1 aromatic rings. The van der Waals surface area contributed by atoms with Crippen molar-refractivity contribution in [3.05, 3.63) is 18.2 Å². The van der Waals surface area contributed by atoms with E-state index >= 15 is 0 Å². The van der Waals surface area contributed by atoms with E-state index in [0.717, 1.165) is 0 Å². The van der Waals surface area contributed by atoms with Crippen LogP contribution in [0.1, 0.15) is 12.8 Å². The Balaban J connectivity index is 2.07. The van der Waals surface area contributed by atoms with Crippen molar-refractivity contribution in [2.45, 2.75) is 18.9 Å². The van der Waals surface area contributed by atoms with E-state index in [-0.39, 0.29) is 18.9 Å². The van der Waals surface area contributed by atoms with Crippen LogP contribution in [0.4, 0.5) is 10.5 Å². The van der Waals surface area contributed by atoms with Crippen molar-refractivity contribution in [2.24, 2.45) is 0 Å². The van der Waals surface area contributed by atoms with Gasteiger partial charge in [-0.3, -0.25) is 9.59 Å². The molecule has 0 spiro atoms. The highest BCUT2D eigenvalue weighted by atomic mass is 16.5. The van der Waals surface area contributed by atoms with E-state index in [1.165, 1.54) is 26.2 Å². The molecular weight excluding hydrogens is 342 g/mol. The van der Waals surface area contributed by atoms with Crippen molar-refractivity contribution in [3.63, 3.8) is 0 Å². The number of carbonyl (C=O) groups excluding carboxylic acids is 2. The molecule has 1 unspecified atom stereocenters. The lowest BCUT2D eigenvalue weighted by atomic mass is 10.2.